The number of furan rings is 1. The molecule has 0 bridgehead atoms. The fourth-order valence-corrected chi connectivity index (χ4v) is 4.47. The first-order valence-electron chi connectivity index (χ1n) is 6.58. The molecule has 1 atom stereocenters. The third-order valence-corrected chi connectivity index (χ3v) is 6.09. The molecule has 0 saturated heterocycles. The second kappa shape index (κ2) is 5.63. The van der Waals surface area contributed by atoms with Crippen LogP contribution in [0.4, 0.5) is 0 Å². The van der Waals surface area contributed by atoms with Crippen LogP contribution >= 0.6 is 11.3 Å². The van der Waals surface area contributed by atoms with E-state index in [1.54, 1.807) is 17.5 Å². The fraction of sp³-hybridized carbons (Fsp3) is 0.200. The number of hydrogen-bond acceptors (Lipinski definition) is 4. The van der Waals surface area contributed by atoms with Crippen LogP contribution in [0.2, 0.25) is 0 Å². The van der Waals surface area contributed by atoms with E-state index in [2.05, 4.69) is 4.72 Å². The van der Waals surface area contributed by atoms with E-state index in [1.807, 2.05) is 37.3 Å². The largest absolute Gasteiger partial charge is 0.461 e. The summed E-state index contributed by atoms with van der Waals surface area (Å²) < 4.78 is 33.0. The van der Waals surface area contributed by atoms with E-state index in [9.17, 15) is 8.42 Å². The van der Waals surface area contributed by atoms with E-state index in [0.29, 0.717) is 10.6 Å². The van der Waals surface area contributed by atoms with Crippen molar-refractivity contribution in [2.24, 2.45) is 0 Å². The van der Waals surface area contributed by atoms with Gasteiger partial charge >= 0.3 is 0 Å². The van der Waals surface area contributed by atoms with Crippen molar-refractivity contribution in [3.05, 3.63) is 53.6 Å². The highest BCUT2D eigenvalue weighted by Gasteiger charge is 2.19. The minimum atomic E-state index is -3.44. The van der Waals surface area contributed by atoms with Crippen molar-refractivity contribution in [2.75, 3.05) is 0 Å². The maximum atomic E-state index is 12.1. The normalized spacial score (nSPS) is 13.6. The van der Waals surface area contributed by atoms with Crippen molar-refractivity contribution in [3.63, 3.8) is 0 Å². The third-order valence-electron chi connectivity index (χ3n) is 3.10. The van der Waals surface area contributed by atoms with Crippen LogP contribution < -0.4 is 4.72 Å². The monoisotopic (exact) mass is 321 g/mol. The highest BCUT2D eigenvalue weighted by molar-refractivity contribution is 7.91. The van der Waals surface area contributed by atoms with Crippen LogP contribution in [0.25, 0.3) is 11.0 Å². The van der Waals surface area contributed by atoms with Crippen molar-refractivity contribution >= 4 is 32.3 Å². The number of para-hydroxylation sites is 1. The summed E-state index contributed by atoms with van der Waals surface area (Å²) in [5, 5.41) is 2.78. The predicted molar refractivity (Wildman–Crippen MR) is 84.0 cm³/mol. The molecule has 110 valence electrons. The van der Waals surface area contributed by atoms with Gasteiger partial charge in [-0.2, -0.15) is 0 Å². The highest BCUT2D eigenvalue weighted by atomic mass is 32.2. The van der Waals surface area contributed by atoms with E-state index in [0.717, 1.165) is 16.7 Å². The zero-order valence-electron chi connectivity index (χ0n) is 11.4. The van der Waals surface area contributed by atoms with Gasteiger partial charge in [0.05, 0.1) is 0 Å². The average molecular weight is 321 g/mol. The van der Waals surface area contributed by atoms with Crippen molar-refractivity contribution in [1.29, 1.82) is 0 Å². The summed E-state index contributed by atoms with van der Waals surface area (Å²) >= 11 is 1.21. The average Bonchev–Trinajstić information content (AvgIpc) is 3.06. The van der Waals surface area contributed by atoms with E-state index >= 15 is 0 Å². The van der Waals surface area contributed by atoms with Crippen molar-refractivity contribution < 1.29 is 12.8 Å². The SMILES string of the molecule is C[C@@H](Cc1cc2ccccc2o1)NS(=O)(=O)c1cccs1. The van der Waals surface area contributed by atoms with Crippen LogP contribution in [0.5, 0.6) is 0 Å². The molecular weight excluding hydrogens is 306 g/mol. The molecular formula is C15H15NO3S2. The second-order valence-corrected chi connectivity index (χ2v) is 7.80. The molecule has 1 N–H and O–H groups in total. The Morgan fingerprint density at radius 2 is 2.05 bits per heavy atom. The second-order valence-electron chi connectivity index (χ2n) is 4.91. The number of fused-ring (bicyclic) bond motifs is 1. The van der Waals surface area contributed by atoms with E-state index in [-0.39, 0.29) is 6.04 Å². The Bertz CT molecular complexity index is 802. The zero-order valence-corrected chi connectivity index (χ0v) is 13.1. The maximum Gasteiger partial charge on any atom is 0.250 e. The third kappa shape index (κ3) is 3.18. The van der Waals surface area contributed by atoms with Gasteiger partial charge in [-0.05, 0) is 30.5 Å². The molecule has 0 aliphatic rings. The number of benzene rings is 1. The van der Waals surface area contributed by atoms with Crippen molar-refractivity contribution in [1.82, 2.24) is 4.72 Å². The molecule has 6 heteroatoms. The molecule has 4 nitrogen and oxygen atoms in total. The zero-order chi connectivity index (χ0) is 14.9. The van der Waals surface area contributed by atoms with Gasteiger partial charge in [0, 0.05) is 17.8 Å². The minimum absolute atomic E-state index is 0.238. The minimum Gasteiger partial charge on any atom is -0.461 e. The summed E-state index contributed by atoms with van der Waals surface area (Å²) in [7, 11) is -3.44. The van der Waals surface area contributed by atoms with Gasteiger partial charge in [-0.25, -0.2) is 13.1 Å². The molecule has 0 aliphatic heterocycles. The Hall–Kier alpha value is -1.63. The first-order valence-corrected chi connectivity index (χ1v) is 8.94. The van der Waals surface area contributed by atoms with Crippen LogP contribution in [0.1, 0.15) is 12.7 Å². The molecule has 0 spiro atoms. The molecule has 0 aliphatic carbocycles. The van der Waals surface area contributed by atoms with Crippen LogP contribution in [-0.2, 0) is 16.4 Å². The Balaban J connectivity index is 1.73. The summed E-state index contributed by atoms with van der Waals surface area (Å²) in [5.74, 6) is 0.776. The molecule has 3 rings (SSSR count). The number of rotatable bonds is 5. The molecule has 21 heavy (non-hydrogen) atoms. The molecule has 2 aromatic heterocycles. The fourth-order valence-electron chi connectivity index (χ4n) is 2.22. The van der Waals surface area contributed by atoms with Crippen LogP contribution in [-0.4, -0.2) is 14.5 Å². The first-order chi connectivity index (χ1) is 10.0. The number of sulfonamides is 1. The predicted octanol–water partition coefficient (Wildman–Crippen LogP) is 3.40. The molecule has 3 aromatic rings. The van der Waals surface area contributed by atoms with Gasteiger partial charge in [-0.3, -0.25) is 0 Å². The summed E-state index contributed by atoms with van der Waals surface area (Å²) in [6.07, 6.45) is 0.513. The lowest BCUT2D eigenvalue weighted by molar-refractivity contribution is 0.504. The standard InChI is InChI=1S/C15H15NO3S2/c1-11(16-21(17,18)15-7-4-8-20-15)9-13-10-12-5-2-3-6-14(12)19-13/h2-8,10-11,16H,9H2,1H3/t11-/m0/s1. The summed E-state index contributed by atoms with van der Waals surface area (Å²) in [6, 6.07) is 12.8. The lowest BCUT2D eigenvalue weighted by Gasteiger charge is -2.11. The Morgan fingerprint density at radius 1 is 1.24 bits per heavy atom. The Morgan fingerprint density at radius 3 is 2.76 bits per heavy atom. The Kier molecular flexibility index (Phi) is 3.84. The molecule has 0 fully saturated rings. The van der Waals surface area contributed by atoms with E-state index in [1.165, 1.54) is 11.3 Å². The lowest BCUT2D eigenvalue weighted by atomic mass is 10.2. The van der Waals surface area contributed by atoms with Crippen LogP contribution in [0.3, 0.4) is 0 Å². The maximum absolute atomic E-state index is 12.1. The van der Waals surface area contributed by atoms with Crippen LogP contribution in [0.15, 0.2) is 56.5 Å². The van der Waals surface area contributed by atoms with Gasteiger partial charge in [-0.15, -0.1) is 11.3 Å². The number of hydrogen-bond donors (Lipinski definition) is 1. The smallest absolute Gasteiger partial charge is 0.250 e. The molecule has 1 aromatic carbocycles. The summed E-state index contributed by atoms with van der Waals surface area (Å²) in [4.78, 5) is 0. The molecule has 0 saturated carbocycles. The van der Waals surface area contributed by atoms with Gasteiger partial charge in [0.2, 0.25) is 10.0 Å². The Labute approximate surface area is 127 Å². The lowest BCUT2D eigenvalue weighted by Crippen LogP contribution is -2.33. The summed E-state index contributed by atoms with van der Waals surface area (Å²) in [5.41, 5.74) is 0.820. The molecule has 2 heterocycles. The molecule has 0 unspecified atom stereocenters. The van der Waals surface area contributed by atoms with E-state index < -0.39 is 10.0 Å². The number of nitrogens with one attached hydrogen (secondary N) is 1. The molecule has 0 amide bonds. The van der Waals surface area contributed by atoms with Gasteiger partial charge in [0.15, 0.2) is 0 Å². The van der Waals surface area contributed by atoms with Gasteiger partial charge < -0.3 is 4.42 Å². The number of thiophene rings is 1. The van der Waals surface area contributed by atoms with Crippen LogP contribution in [0, 0.1) is 0 Å². The molecule has 0 radical (unpaired) electrons. The van der Waals surface area contributed by atoms with Gasteiger partial charge in [0.25, 0.3) is 0 Å². The van der Waals surface area contributed by atoms with Gasteiger partial charge in [0.1, 0.15) is 15.6 Å². The van der Waals surface area contributed by atoms with Crippen molar-refractivity contribution in [2.45, 2.75) is 23.6 Å². The quantitative estimate of drug-likeness (QED) is 0.783. The highest BCUT2D eigenvalue weighted by Crippen LogP contribution is 2.21. The topological polar surface area (TPSA) is 59.3 Å². The summed E-state index contributed by atoms with van der Waals surface area (Å²) in [6.45, 7) is 1.83. The van der Waals surface area contributed by atoms with E-state index in [4.69, 9.17) is 4.42 Å². The first kappa shape index (κ1) is 14.3. The van der Waals surface area contributed by atoms with Gasteiger partial charge in [-0.1, -0.05) is 24.3 Å². The van der Waals surface area contributed by atoms with Crippen molar-refractivity contribution in [3.8, 4) is 0 Å².